The number of carbonyl (C=O) groups excluding carboxylic acids is 3. The Morgan fingerprint density at radius 1 is 1.14 bits per heavy atom. The first-order valence-corrected chi connectivity index (χ1v) is 11.2. The summed E-state index contributed by atoms with van der Waals surface area (Å²) < 4.78 is 5.17. The van der Waals surface area contributed by atoms with Crippen LogP contribution in [0.15, 0.2) is 24.3 Å². The van der Waals surface area contributed by atoms with Gasteiger partial charge in [-0.25, -0.2) is 9.78 Å². The highest BCUT2D eigenvalue weighted by molar-refractivity contribution is 8.00. The summed E-state index contributed by atoms with van der Waals surface area (Å²) in [6.07, 6.45) is 0. The minimum Gasteiger partial charge on any atom is -0.461 e. The number of rotatable bonds is 9. The lowest BCUT2D eigenvalue weighted by atomic mass is 10.2. The van der Waals surface area contributed by atoms with Crippen LogP contribution in [0.2, 0.25) is 5.02 Å². The van der Waals surface area contributed by atoms with Crippen LogP contribution in [0.3, 0.4) is 0 Å². The van der Waals surface area contributed by atoms with E-state index in [1.165, 1.54) is 23.1 Å². The Hall–Kier alpha value is -2.10. The first-order chi connectivity index (χ1) is 13.7. The molecule has 0 saturated heterocycles. The van der Waals surface area contributed by atoms with Gasteiger partial charge in [0.2, 0.25) is 11.8 Å². The van der Waals surface area contributed by atoms with Crippen LogP contribution in [0.1, 0.15) is 29.2 Å². The predicted octanol–water partition coefficient (Wildman–Crippen LogP) is 4.23. The van der Waals surface area contributed by atoms with E-state index in [1.807, 2.05) is 13.8 Å². The van der Waals surface area contributed by atoms with Gasteiger partial charge in [-0.1, -0.05) is 25.4 Å². The molecule has 0 unspecified atom stereocenters. The van der Waals surface area contributed by atoms with Crippen molar-refractivity contribution in [3.8, 4) is 0 Å². The number of benzene rings is 1. The van der Waals surface area contributed by atoms with E-state index < -0.39 is 5.97 Å². The highest BCUT2D eigenvalue weighted by atomic mass is 35.5. The number of aromatic nitrogens is 1. The summed E-state index contributed by atoms with van der Waals surface area (Å²) in [6.45, 7) is 5.95. The Morgan fingerprint density at radius 2 is 1.76 bits per heavy atom. The molecule has 0 radical (unpaired) electrons. The molecule has 0 spiro atoms. The van der Waals surface area contributed by atoms with E-state index in [1.54, 1.807) is 31.2 Å². The Bertz CT molecular complexity index is 869. The van der Waals surface area contributed by atoms with Crippen LogP contribution in [0.4, 0.5) is 10.8 Å². The number of amides is 2. The lowest BCUT2D eigenvalue weighted by Crippen LogP contribution is -2.18. The van der Waals surface area contributed by atoms with Crippen molar-refractivity contribution in [1.29, 1.82) is 0 Å². The third-order valence-electron chi connectivity index (χ3n) is 3.38. The molecule has 1 heterocycles. The van der Waals surface area contributed by atoms with Crippen molar-refractivity contribution in [2.24, 2.45) is 5.92 Å². The molecule has 0 bridgehead atoms. The maximum atomic E-state index is 12.1. The lowest BCUT2D eigenvalue weighted by Gasteiger charge is -2.06. The van der Waals surface area contributed by atoms with Gasteiger partial charge in [-0.15, -0.1) is 23.1 Å². The molecule has 1 aromatic carbocycles. The van der Waals surface area contributed by atoms with E-state index in [0.717, 1.165) is 0 Å². The summed E-state index contributed by atoms with van der Waals surface area (Å²) in [6, 6.07) is 6.76. The fourth-order valence-electron chi connectivity index (χ4n) is 2.07. The predicted molar refractivity (Wildman–Crippen MR) is 118 cm³/mol. The van der Waals surface area contributed by atoms with Crippen LogP contribution in [-0.2, 0) is 14.3 Å². The van der Waals surface area contributed by atoms with Gasteiger partial charge in [-0.2, -0.15) is 0 Å². The molecule has 0 fully saturated rings. The fourth-order valence-corrected chi connectivity index (χ4v) is 3.63. The van der Waals surface area contributed by atoms with Gasteiger partial charge < -0.3 is 15.4 Å². The van der Waals surface area contributed by atoms with E-state index in [2.05, 4.69) is 15.6 Å². The molecule has 156 valence electrons. The fraction of sp³-hybridized carbons (Fsp3) is 0.368. The number of nitrogens with one attached hydrogen (secondary N) is 2. The first kappa shape index (κ1) is 23.2. The average molecular weight is 456 g/mol. The summed E-state index contributed by atoms with van der Waals surface area (Å²) in [5.74, 6) is -0.581. The van der Waals surface area contributed by atoms with Gasteiger partial charge in [0.05, 0.1) is 18.1 Å². The molecule has 10 heteroatoms. The van der Waals surface area contributed by atoms with Crippen molar-refractivity contribution >= 4 is 63.3 Å². The maximum absolute atomic E-state index is 12.1. The van der Waals surface area contributed by atoms with Gasteiger partial charge in [0.1, 0.15) is 0 Å². The lowest BCUT2D eigenvalue weighted by molar-refractivity contribution is -0.114. The zero-order valence-electron chi connectivity index (χ0n) is 16.3. The van der Waals surface area contributed by atoms with Crippen molar-refractivity contribution < 1.29 is 19.1 Å². The molecule has 1 aromatic heterocycles. The first-order valence-electron chi connectivity index (χ1n) is 8.82. The summed E-state index contributed by atoms with van der Waals surface area (Å²) in [5, 5.41) is 6.28. The number of carbonyl (C=O) groups is 3. The van der Waals surface area contributed by atoms with Crippen LogP contribution in [-0.4, -0.2) is 40.9 Å². The van der Waals surface area contributed by atoms with E-state index in [9.17, 15) is 14.4 Å². The topological polar surface area (TPSA) is 97.4 Å². The van der Waals surface area contributed by atoms with Crippen LogP contribution in [0.25, 0.3) is 0 Å². The van der Waals surface area contributed by atoms with Gasteiger partial charge in [-0.3, -0.25) is 9.59 Å². The van der Waals surface area contributed by atoms with Gasteiger partial charge in [-0.05, 0) is 37.1 Å². The maximum Gasteiger partial charge on any atom is 0.358 e. The van der Waals surface area contributed by atoms with Crippen molar-refractivity contribution in [3.05, 3.63) is 39.9 Å². The van der Waals surface area contributed by atoms with Crippen molar-refractivity contribution in [2.45, 2.75) is 20.8 Å². The number of hydrogen-bond donors (Lipinski definition) is 2. The second kappa shape index (κ2) is 11.2. The number of esters is 1. The van der Waals surface area contributed by atoms with Crippen LogP contribution < -0.4 is 10.6 Å². The smallest absolute Gasteiger partial charge is 0.358 e. The van der Waals surface area contributed by atoms with Crippen LogP contribution in [0, 0.1) is 12.8 Å². The highest BCUT2D eigenvalue weighted by Crippen LogP contribution is 2.23. The SMILES string of the molecule is Cc1sc(NC(=O)CSCC(=O)Nc2ccc(Cl)cc2)nc1C(=O)OCC(C)C. The van der Waals surface area contributed by atoms with Crippen LogP contribution in [0.5, 0.6) is 0 Å². The van der Waals surface area contributed by atoms with E-state index >= 15 is 0 Å². The summed E-state index contributed by atoms with van der Waals surface area (Å²) in [7, 11) is 0. The summed E-state index contributed by atoms with van der Waals surface area (Å²) in [4.78, 5) is 40.8. The Balaban J connectivity index is 1.76. The minimum atomic E-state index is -0.499. The van der Waals surface area contributed by atoms with Crippen molar-refractivity contribution in [1.82, 2.24) is 4.98 Å². The third kappa shape index (κ3) is 8.04. The molecule has 2 amide bonds. The molecule has 2 rings (SSSR count). The van der Waals surface area contributed by atoms with Crippen molar-refractivity contribution in [3.63, 3.8) is 0 Å². The van der Waals surface area contributed by atoms with Gasteiger partial charge in [0, 0.05) is 15.6 Å². The summed E-state index contributed by atoms with van der Waals surface area (Å²) >= 11 is 8.18. The number of hydrogen-bond acceptors (Lipinski definition) is 7. The number of nitrogens with zero attached hydrogens (tertiary/aromatic N) is 1. The number of anilines is 2. The molecule has 0 saturated carbocycles. The number of aryl methyl sites for hydroxylation is 1. The quantitative estimate of drug-likeness (QED) is 0.549. The molecular weight excluding hydrogens is 434 g/mol. The zero-order valence-corrected chi connectivity index (χ0v) is 18.7. The molecule has 0 aliphatic carbocycles. The van der Waals surface area contributed by atoms with Crippen molar-refractivity contribution in [2.75, 3.05) is 28.7 Å². The Morgan fingerprint density at radius 3 is 2.38 bits per heavy atom. The second-order valence-corrected chi connectivity index (χ2v) is 9.14. The van der Waals surface area contributed by atoms with E-state index in [0.29, 0.717) is 27.3 Å². The van der Waals surface area contributed by atoms with Gasteiger partial charge >= 0.3 is 5.97 Å². The zero-order chi connectivity index (χ0) is 21.4. The van der Waals surface area contributed by atoms with Gasteiger partial charge in [0.25, 0.3) is 0 Å². The van der Waals surface area contributed by atoms with Gasteiger partial charge in [0.15, 0.2) is 10.8 Å². The molecular formula is C19H22ClN3O4S2. The average Bonchev–Trinajstić information content (AvgIpc) is 3.01. The third-order valence-corrected chi connectivity index (χ3v) is 5.45. The standard InChI is InChI=1S/C19H22ClN3O4S2/c1-11(2)8-27-18(26)17-12(3)29-19(23-17)22-16(25)10-28-9-15(24)21-14-6-4-13(20)5-7-14/h4-7,11H,8-10H2,1-3H3,(H,21,24)(H,22,23,25). The molecule has 0 aliphatic rings. The number of thiazole rings is 1. The van der Waals surface area contributed by atoms with Crippen LogP contribution >= 0.6 is 34.7 Å². The molecule has 2 aromatic rings. The molecule has 29 heavy (non-hydrogen) atoms. The number of thioether (sulfide) groups is 1. The molecule has 0 aliphatic heterocycles. The van der Waals surface area contributed by atoms with E-state index in [-0.39, 0.29) is 34.9 Å². The molecule has 0 atom stereocenters. The Labute approximate surface area is 182 Å². The number of halogens is 1. The Kier molecular flexibility index (Phi) is 8.94. The largest absolute Gasteiger partial charge is 0.461 e. The number of ether oxygens (including phenoxy) is 1. The molecule has 2 N–H and O–H groups in total. The molecule has 7 nitrogen and oxygen atoms in total. The van der Waals surface area contributed by atoms with E-state index in [4.69, 9.17) is 16.3 Å². The second-order valence-electron chi connectivity index (χ2n) is 6.51. The monoisotopic (exact) mass is 455 g/mol. The normalized spacial score (nSPS) is 10.7. The highest BCUT2D eigenvalue weighted by Gasteiger charge is 2.18. The minimum absolute atomic E-state index is 0.0831. The summed E-state index contributed by atoms with van der Waals surface area (Å²) in [5.41, 5.74) is 0.848.